The van der Waals surface area contributed by atoms with E-state index >= 15 is 0 Å². The first-order valence-corrected chi connectivity index (χ1v) is 33.4. The SMILES string of the molecule is CCCCCCCCC/C=C\CCCCCCCCCC(=O)OCCCCCCCCCCC/C=C\C/C=C\CCCCCCCCCCCC(=O)NC(CO)C(O)/C=C/CCCCCCCCCCCCCCC. The van der Waals surface area contributed by atoms with Crippen molar-refractivity contribution in [2.45, 2.75) is 366 Å². The van der Waals surface area contributed by atoms with E-state index in [9.17, 15) is 19.8 Å². The summed E-state index contributed by atoms with van der Waals surface area (Å²) in [6, 6.07) is -0.633. The van der Waals surface area contributed by atoms with Gasteiger partial charge < -0.3 is 20.3 Å². The van der Waals surface area contributed by atoms with Crippen LogP contribution in [0.3, 0.4) is 0 Å². The lowest BCUT2D eigenvalue weighted by Crippen LogP contribution is -2.45. The number of esters is 1. The number of carbonyl (C=O) groups excluding carboxylic acids is 2. The zero-order valence-corrected chi connectivity index (χ0v) is 50.3. The van der Waals surface area contributed by atoms with Gasteiger partial charge in [-0.05, 0) is 89.9 Å². The van der Waals surface area contributed by atoms with Crippen molar-refractivity contribution in [1.82, 2.24) is 5.32 Å². The monoisotopic (exact) mass is 1050 g/mol. The van der Waals surface area contributed by atoms with Crippen molar-refractivity contribution in [3.63, 3.8) is 0 Å². The van der Waals surface area contributed by atoms with Crippen LogP contribution in [-0.4, -0.2) is 47.4 Å². The quantitative estimate of drug-likeness (QED) is 0.0320. The molecule has 0 aromatic carbocycles. The molecule has 2 atom stereocenters. The van der Waals surface area contributed by atoms with Gasteiger partial charge in [-0.2, -0.15) is 0 Å². The topological polar surface area (TPSA) is 95.9 Å². The Labute approximate surface area is 467 Å². The molecule has 1 amide bonds. The average Bonchev–Trinajstić information content (AvgIpc) is 3.41. The summed E-state index contributed by atoms with van der Waals surface area (Å²) >= 11 is 0. The van der Waals surface area contributed by atoms with E-state index in [1.54, 1.807) is 6.08 Å². The molecule has 0 fully saturated rings. The van der Waals surface area contributed by atoms with Crippen molar-refractivity contribution in [3.05, 3.63) is 48.6 Å². The number of aliphatic hydroxyl groups excluding tert-OH is 2. The van der Waals surface area contributed by atoms with Crippen LogP contribution in [0.15, 0.2) is 48.6 Å². The normalized spacial score (nSPS) is 12.9. The highest BCUT2D eigenvalue weighted by atomic mass is 16.5. The van der Waals surface area contributed by atoms with E-state index in [0.29, 0.717) is 19.4 Å². The lowest BCUT2D eigenvalue weighted by molar-refractivity contribution is -0.143. The Kier molecular flexibility index (Phi) is 62.5. The molecule has 0 aliphatic heterocycles. The van der Waals surface area contributed by atoms with Crippen LogP contribution in [0.25, 0.3) is 0 Å². The smallest absolute Gasteiger partial charge is 0.305 e. The predicted molar refractivity (Wildman–Crippen MR) is 329 cm³/mol. The summed E-state index contributed by atoms with van der Waals surface area (Å²) in [6.07, 6.45) is 83.1. The molecule has 0 radical (unpaired) electrons. The van der Waals surface area contributed by atoms with E-state index in [2.05, 4.69) is 55.6 Å². The van der Waals surface area contributed by atoms with Gasteiger partial charge in [-0.15, -0.1) is 0 Å². The average molecular weight is 1050 g/mol. The third-order valence-electron chi connectivity index (χ3n) is 15.3. The van der Waals surface area contributed by atoms with Gasteiger partial charge in [0.1, 0.15) is 0 Å². The number of nitrogens with one attached hydrogen (secondary N) is 1. The van der Waals surface area contributed by atoms with E-state index in [4.69, 9.17) is 4.74 Å². The van der Waals surface area contributed by atoms with Gasteiger partial charge >= 0.3 is 5.97 Å². The molecular formula is C69H129NO5. The van der Waals surface area contributed by atoms with Crippen LogP contribution in [0, 0.1) is 0 Å². The second-order valence-corrected chi connectivity index (χ2v) is 22.8. The minimum absolute atomic E-state index is 0.00563. The van der Waals surface area contributed by atoms with Crippen molar-refractivity contribution >= 4 is 11.9 Å². The highest BCUT2D eigenvalue weighted by Crippen LogP contribution is 2.17. The molecule has 0 aromatic rings. The molecule has 0 rings (SSSR count). The molecule has 0 saturated heterocycles. The molecular weight excluding hydrogens is 923 g/mol. The first kappa shape index (κ1) is 72.8. The summed E-state index contributed by atoms with van der Waals surface area (Å²) in [6.45, 7) is 4.91. The molecule has 0 aliphatic carbocycles. The summed E-state index contributed by atoms with van der Waals surface area (Å²) < 4.78 is 5.49. The Hall–Kier alpha value is -2.18. The highest BCUT2D eigenvalue weighted by Gasteiger charge is 2.18. The van der Waals surface area contributed by atoms with Gasteiger partial charge in [-0.1, -0.05) is 300 Å². The van der Waals surface area contributed by atoms with Crippen LogP contribution in [0.4, 0.5) is 0 Å². The van der Waals surface area contributed by atoms with Crippen molar-refractivity contribution < 1.29 is 24.5 Å². The fourth-order valence-corrected chi connectivity index (χ4v) is 10.2. The number of amides is 1. The second-order valence-electron chi connectivity index (χ2n) is 22.8. The van der Waals surface area contributed by atoms with E-state index in [-0.39, 0.29) is 18.5 Å². The molecule has 440 valence electrons. The van der Waals surface area contributed by atoms with Gasteiger partial charge in [0, 0.05) is 12.8 Å². The molecule has 0 aliphatic rings. The van der Waals surface area contributed by atoms with Crippen LogP contribution in [0.2, 0.25) is 0 Å². The lowest BCUT2D eigenvalue weighted by Gasteiger charge is -2.20. The summed E-state index contributed by atoms with van der Waals surface area (Å²) in [7, 11) is 0. The van der Waals surface area contributed by atoms with Crippen molar-refractivity contribution in [2.75, 3.05) is 13.2 Å². The van der Waals surface area contributed by atoms with Crippen molar-refractivity contribution in [2.24, 2.45) is 0 Å². The van der Waals surface area contributed by atoms with Gasteiger partial charge in [0.25, 0.3) is 0 Å². The largest absolute Gasteiger partial charge is 0.466 e. The summed E-state index contributed by atoms with van der Waals surface area (Å²) in [5, 5.41) is 23.1. The van der Waals surface area contributed by atoms with Gasteiger partial charge in [-0.25, -0.2) is 0 Å². The fourth-order valence-electron chi connectivity index (χ4n) is 10.2. The van der Waals surface area contributed by atoms with Crippen LogP contribution >= 0.6 is 0 Å². The zero-order chi connectivity index (χ0) is 54.3. The summed E-state index contributed by atoms with van der Waals surface area (Å²) in [5.41, 5.74) is 0. The third-order valence-corrected chi connectivity index (χ3v) is 15.3. The van der Waals surface area contributed by atoms with Gasteiger partial charge in [-0.3, -0.25) is 9.59 Å². The minimum atomic E-state index is -0.849. The number of allylic oxidation sites excluding steroid dienone is 7. The van der Waals surface area contributed by atoms with Crippen LogP contribution in [0.1, 0.15) is 354 Å². The number of ether oxygens (including phenoxy) is 1. The van der Waals surface area contributed by atoms with Gasteiger partial charge in [0.2, 0.25) is 5.91 Å². The highest BCUT2D eigenvalue weighted by molar-refractivity contribution is 5.76. The Morgan fingerprint density at radius 2 is 0.667 bits per heavy atom. The fraction of sp³-hybridized carbons (Fsp3) is 0.855. The molecule has 75 heavy (non-hydrogen) atoms. The van der Waals surface area contributed by atoms with Crippen molar-refractivity contribution in [1.29, 1.82) is 0 Å². The predicted octanol–water partition coefficient (Wildman–Crippen LogP) is 21.3. The first-order valence-electron chi connectivity index (χ1n) is 33.4. The van der Waals surface area contributed by atoms with Crippen LogP contribution in [0.5, 0.6) is 0 Å². The zero-order valence-electron chi connectivity index (χ0n) is 50.3. The Bertz CT molecular complexity index is 1260. The second kappa shape index (κ2) is 64.3. The van der Waals surface area contributed by atoms with Gasteiger partial charge in [0.15, 0.2) is 0 Å². The molecule has 0 spiro atoms. The Morgan fingerprint density at radius 1 is 0.373 bits per heavy atom. The van der Waals surface area contributed by atoms with E-state index in [1.807, 2.05) is 6.08 Å². The maximum atomic E-state index is 12.5. The van der Waals surface area contributed by atoms with E-state index in [0.717, 1.165) is 51.4 Å². The number of hydrogen-bond acceptors (Lipinski definition) is 5. The molecule has 0 heterocycles. The molecule has 0 bridgehead atoms. The lowest BCUT2D eigenvalue weighted by atomic mass is 10.0. The maximum Gasteiger partial charge on any atom is 0.305 e. The van der Waals surface area contributed by atoms with E-state index < -0.39 is 12.1 Å². The number of aliphatic hydroxyl groups is 2. The molecule has 6 nitrogen and oxygen atoms in total. The van der Waals surface area contributed by atoms with Gasteiger partial charge in [0.05, 0.1) is 25.4 Å². The van der Waals surface area contributed by atoms with Crippen molar-refractivity contribution in [3.8, 4) is 0 Å². The first-order chi connectivity index (χ1) is 37.0. The number of hydrogen-bond donors (Lipinski definition) is 3. The summed E-state index contributed by atoms with van der Waals surface area (Å²) in [4.78, 5) is 24.6. The Balaban J connectivity index is 3.44. The minimum Gasteiger partial charge on any atom is -0.466 e. The third kappa shape index (κ3) is 60.9. The molecule has 3 N–H and O–H groups in total. The van der Waals surface area contributed by atoms with Crippen LogP contribution in [-0.2, 0) is 14.3 Å². The molecule has 0 aromatic heterocycles. The maximum absolute atomic E-state index is 12.5. The Morgan fingerprint density at radius 3 is 1.03 bits per heavy atom. The summed E-state index contributed by atoms with van der Waals surface area (Å²) in [5.74, 6) is -0.0676. The number of carbonyl (C=O) groups is 2. The van der Waals surface area contributed by atoms with Crippen LogP contribution < -0.4 is 5.32 Å². The van der Waals surface area contributed by atoms with E-state index in [1.165, 1.54) is 276 Å². The molecule has 0 saturated carbocycles. The molecule has 2 unspecified atom stereocenters. The number of rotatable bonds is 62. The molecule has 6 heteroatoms. The number of unbranched alkanes of at least 4 members (excludes halogenated alkanes) is 45. The standard InChI is InChI=1S/C69H129NO5/c1-3-5-7-9-11-13-15-17-19-20-31-35-39-43-47-51-55-59-63-69(74)75-64-60-56-52-48-44-40-36-32-29-27-25-23-21-22-24-26-28-30-34-38-42-46-50-54-58-62-68(73)70-66(65-71)67(72)61-57-53-49-45-41-37-33-18-16-14-12-10-8-6-4-2/h19-20,22-25,57,61,66-67,71-72H,3-18,21,26-56,58-60,62-65H2,1-2H3,(H,70,73)/b20-19-,24-22-,25-23-,61-57+.